The van der Waals surface area contributed by atoms with E-state index in [9.17, 15) is 5.11 Å². The molecule has 7 heteroatoms. The van der Waals surface area contributed by atoms with Crippen LogP contribution in [0, 0.1) is 0 Å². The lowest BCUT2D eigenvalue weighted by atomic mass is 9.83. The Labute approximate surface area is 221 Å². The molecule has 6 nitrogen and oxygen atoms in total. The number of nitrogens with one attached hydrogen (secondary N) is 1. The van der Waals surface area contributed by atoms with E-state index in [0.29, 0.717) is 23.9 Å². The van der Waals surface area contributed by atoms with Gasteiger partial charge in [-0.25, -0.2) is 0 Å². The summed E-state index contributed by atoms with van der Waals surface area (Å²) in [6.07, 6.45) is 5.95. The Bertz CT molecular complexity index is 1490. The molecule has 0 saturated heterocycles. The highest BCUT2D eigenvalue weighted by Gasteiger charge is 2.33. The summed E-state index contributed by atoms with van der Waals surface area (Å²) in [5.74, 6) is 1.80. The van der Waals surface area contributed by atoms with Crippen molar-refractivity contribution in [3.8, 4) is 28.4 Å². The maximum absolute atomic E-state index is 10.6. The number of phenols is 1. The third-order valence-electron chi connectivity index (χ3n) is 6.41. The summed E-state index contributed by atoms with van der Waals surface area (Å²) in [6, 6.07) is 9.56. The van der Waals surface area contributed by atoms with Gasteiger partial charge in [-0.3, -0.25) is 0 Å². The fraction of sp³-hybridized carbons (Fsp3) is 0.233. The van der Waals surface area contributed by atoms with Crippen LogP contribution in [0.15, 0.2) is 59.6 Å². The van der Waals surface area contributed by atoms with E-state index in [1.807, 2.05) is 18.4 Å². The van der Waals surface area contributed by atoms with E-state index >= 15 is 0 Å². The molecule has 37 heavy (non-hydrogen) atoms. The SMILES string of the molecule is C=CCO/N=C(\C)c1ccsc1/C=C1\Oc2ccc(O)c(OC)c2-c2ccc3c(c21)C(C)=CC(C)(C)N3. The summed E-state index contributed by atoms with van der Waals surface area (Å²) < 4.78 is 12.2. The first-order valence-electron chi connectivity index (χ1n) is 12.0. The van der Waals surface area contributed by atoms with Crippen molar-refractivity contribution in [1.82, 2.24) is 0 Å². The van der Waals surface area contributed by atoms with Gasteiger partial charge in [0.05, 0.1) is 23.9 Å². The van der Waals surface area contributed by atoms with E-state index in [1.54, 1.807) is 36.7 Å². The molecule has 3 aromatic rings. The fourth-order valence-corrected chi connectivity index (χ4v) is 5.90. The van der Waals surface area contributed by atoms with Crippen molar-refractivity contribution < 1.29 is 19.4 Å². The quantitative estimate of drug-likeness (QED) is 0.154. The van der Waals surface area contributed by atoms with E-state index < -0.39 is 0 Å². The highest BCUT2D eigenvalue weighted by molar-refractivity contribution is 7.11. The zero-order chi connectivity index (χ0) is 26.3. The van der Waals surface area contributed by atoms with Crippen molar-refractivity contribution >= 4 is 40.1 Å². The van der Waals surface area contributed by atoms with Gasteiger partial charge in [0.15, 0.2) is 11.5 Å². The Morgan fingerprint density at radius 1 is 1.19 bits per heavy atom. The minimum atomic E-state index is -0.182. The van der Waals surface area contributed by atoms with Gasteiger partial charge in [-0.05, 0) is 69.0 Å². The van der Waals surface area contributed by atoms with Crippen LogP contribution in [-0.4, -0.2) is 30.1 Å². The Kier molecular flexibility index (Phi) is 6.33. The molecule has 0 spiro atoms. The zero-order valence-corrected chi connectivity index (χ0v) is 22.5. The predicted molar refractivity (Wildman–Crippen MR) is 153 cm³/mol. The highest BCUT2D eigenvalue weighted by atomic mass is 32.1. The molecule has 0 fully saturated rings. The van der Waals surface area contributed by atoms with Gasteiger partial charge < -0.3 is 24.7 Å². The number of benzene rings is 2. The topological polar surface area (TPSA) is 72.3 Å². The van der Waals surface area contributed by atoms with Gasteiger partial charge in [0, 0.05) is 32.8 Å². The number of aromatic hydroxyl groups is 1. The fourth-order valence-electron chi connectivity index (χ4n) is 5.04. The van der Waals surface area contributed by atoms with Crippen LogP contribution < -0.4 is 14.8 Å². The standard InChI is InChI=1S/C30H30N2O4S/c1-7-13-35-32-18(3)19-12-14-37-25(19)15-24-27-20(28-23(36-24)11-10-22(33)29(28)34-6)8-9-21-26(27)17(2)16-30(4,5)31-21/h7-12,14-16,31,33H,1,13H2,2-6H3/b24-15-,32-18+. The number of allylic oxidation sites excluding steroid dienone is 1. The van der Waals surface area contributed by atoms with Gasteiger partial charge in [0.1, 0.15) is 18.1 Å². The molecule has 1 aromatic heterocycles. The van der Waals surface area contributed by atoms with E-state index in [0.717, 1.165) is 49.7 Å². The van der Waals surface area contributed by atoms with Crippen LogP contribution in [0.1, 0.15) is 49.3 Å². The second-order valence-corrected chi connectivity index (χ2v) is 10.6. The van der Waals surface area contributed by atoms with Gasteiger partial charge in [-0.1, -0.05) is 30.0 Å². The van der Waals surface area contributed by atoms with E-state index in [-0.39, 0.29) is 11.3 Å². The molecular formula is C30H30N2O4S. The molecule has 0 amide bonds. The summed E-state index contributed by atoms with van der Waals surface area (Å²) in [6.45, 7) is 12.4. The minimum Gasteiger partial charge on any atom is -0.504 e. The lowest BCUT2D eigenvalue weighted by Crippen LogP contribution is -2.32. The number of hydrogen-bond donors (Lipinski definition) is 2. The Hall–Kier alpha value is -3.97. The van der Waals surface area contributed by atoms with Crippen LogP contribution >= 0.6 is 11.3 Å². The van der Waals surface area contributed by atoms with Crippen LogP contribution in [0.4, 0.5) is 5.69 Å². The monoisotopic (exact) mass is 514 g/mol. The summed E-state index contributed by atoms with van der Waals surface area (Å²) in [5.41, 5.74) is 7.42. The van der Waals surface area contributed by atoms with Crippen molar-refractivity contribution in [2.45, 2.75) is 33.2 Å². The number of phenolic OH excluding ortho intramolecular Hbond substituents is 1. The lowest BCUT2D eigenvalue weighted by Gasteiger charge is -2.35. The Balaban J connectivity index is 1.75. The average Bonchev–Trinajstić information content (AvgIpc) is 3.31. The second-order valence-electron chi connectivity index (χ2n) is 9.65. The van der Waals surface area contributed by atoms with Gasteiger partial charge in [-0.15, -0.1) is 11.3 Å². The van der Waals surface area contributed by atoms with Crippen LogP contribution in [-0.2, 0) is 4.84 Å². The number of fused-ring (bicyclic) bond motifs is 5. The number of oxime groups is 1. The van der Waals surface area contributed by atoms with Gasteiger partial charge in [-0.2, -0.15) is 0 Å². The van der Waals surface area contributed by atoms with Crippen LogP contribution in [0.3, 0.4) is 0 Å². The van der Waals surface area contributed by atoms with Crippen LogP contribution in [0.25, 0.3) is 28.5 Å². The first-order chi connectivity index (χ1) is 17.7. The largest absolute Gasteiger partial charge is 0.504 e. The van der Waals surface area contributed by atoms with E-state index in [2.05, 4.69) is 62.1 Å². The molecule has 0 aliphatic carbocycles. The number of thiophene rings is 1. The minimum absolute atomic E-state index is 0.0689. The zero-order valence-electron chi connectivity index (χ0n) is 21.6. The Morgan fingerprint density at radius 3 is 2.76 bits per heavy atom. The number of anilines is 1. The number of nitrogens with zero attached hydrogens (tertiary/aromatic N) is 1. The van der Waals surface area contributed by atoms with Crippen molar-refractivity contribution in [2.24, 2.45) is 5.16 Å². The molecule has 2 N–H and O–H groups in total. The van der Waals surface area contributed by atoms with Gasteiger partial charge in [0.25, 0.3) is 0 Å². The number of rotatable bonds is 6. The van der Waals surface area contributed by atoms with Gasteiger partial charge in [0.2, 0.25) is 0 Å². The third-order valence-corrected chi connectivity index (χ3v) is 7.28. The molecule has 0 bridgehead atoms. The summed E-state index contributed by atoms with van der Waals surface area (Å²) in [4.78, 5) is 6.33. The molecule has 190 valence electrons. The highest BCUT2D eigenvalue weighted by Crippen LogP contribution is 2.54. The predicted octanol–water partition coefficient (Wildman–Crippen LogP) is 7.55. The molecule has 0 unspecified atom stereocenters. The molecule has 2 aliphatic rings. The molecule has 0 saturated carbocycles. The summed E-state index contributed by atoms with van der Waals surface area (Å²) in [7, 11) is 1.56. The number of ether oxygens (including phenoxy) is 2. The maximum Gasteiger partial charge on any atom is 0.172 e. The molecule has 2 aliphatic heterocycles. The number of methoxy groups -OCH3 is 1. The molecule has 5 rings (SSSR count). The lowest BCUT2D eigenvalue weighted by molar-refractivity contribution is 0.175. The molecule has 3 heterocycles. The number of hydrogen-bond acceptors (Lipinski definition) is 7. The van der Waals surface area contributed by atoms with Crippen LogP contribution in [0.5, 0.6) is 17.2 Å². The molecule has 0 radical (unpaired) electrons. The van der Waals surface area contributed by atoms with Crippen molar-refractivity contribution in [1.29, 1.82) is 0 Å². The summed E-state index contributed by atoms with van der Waals surface area (Å²) in [5, 5.41) is 20.5. The van der Waals surface area contributed by atoms with Crippen molar-refractivity contribution in [3.63, 3.8) is 0 Å². The first-order valence-corrected chi connectivity index (χ1v) is 12.9. The normalized spacial score (nSPS) is 16.5. The van der Waals surface area contributed by atoms with E-state index in [4.69, 9.17) is 14.3 Å². The summed E-state index contributed by atoms with van der Waals surface area (Å²) >= 11 is 1.61. The molecule has 2 aromatic carbocycles. The second kappa shape index (κ2) is 9.48. The van der Waals surface area contributed by atoms with Gasteiger partial charge >= 0.3 is 0 Å². The van der Waals surface area contributed by atoms with Crippen molar-refractivity contribution in [2.75, 3.05) is 19.0 Å². The van der Waals surface area contributed by atoms with Crippen molar-refractivity contribution in [3.05, 3.63) is 76.0 Å². The first kappa shape index (κ1) is 24.7. The van der Waals surface area contributed by atoms with Crippen LogP contribution in [0.2, 0.25) is 0 Å². The van der Waals surface area contributed by atoms with E-state index in [1.165, 1.54) is 0 Å². The average molecular weight is 515 g/mol. The molecular weight excluding hydrogens is 484 g/mol. The Morgan fingerprint density at radius 2 is 2.00 bits per heavy atom. The smallest absolute Gasteiger partial charge is 0.172 e. The third kappa shape index (κ3) is 4.40. The molecule has 0 atom stereocenters. The maximum atomic E-state index is 10.6.